The third-order valence-corrected chi connectivity index (χ3v) is 2.60. The van der Waals surface area contributed by atoms with E-state index in [9.17, 15) is 0 Å². The summed E-state index contributed by atoms with van der Waals surface area (Å²) in [5.41, 5.74) is 5.55. The summed E-state index contributed by atoms with van der Waals surface area (Å²) in [7, 11) is 0. The highest BCUT2D eigenvalue weighted by atomic mass is 16.5. The number of ether oxygens (including phenoxy) is 1. The van der Waals surface area contributed by atoms with Gasteiger partial charge in [-0.3, -0.25) is 0 Å². The Kier molecular flexibility index (Phi) is 2.60. The summed E-state index contributed by atoms with van der Waals surface area (Å²) in [5, 5.41) is 0. The average molecular weight is 201 g/mol. The number of nitrogens with two attached hydrogens (primary N) is 1. The molecule has 0 amide bonds. The van der Waals surface area contributed by atoms with E-state index in [1.165, 1.54) is 0 Å². The van der Waals surface area contributed by atoms with Gasteiger partial charge in [-0.05, 0) is 25.1 Å². The molecule has 2 unspecified atom stereocenters. The Hall–Kier alpha value is -1.54. The molecule has 0 spiro atoms. The van der Waals surface area contributed by atoms with Gasteiger partial charge in [0.25, 0.3) is 0 Å². The van der Waals surface area contributed by atoms with Crippen molar-refractivity contribution in [2.75, 3.05) is 0 Å². The van der Waals surface area contributed by atoms with Crippen LogP contribution in [0.1, 0.15) is 6.92 Å². The number of rotatable bonds is 2. The molecule has 2 atom stereocenters. The predicted octanol–water partition coefficient (Wildman–Crippen LogP) is 2.28. The molecule has 1 aliphatic rings. The lowest BCUT2D eigenvalue weighted by Crippen LogP contribution is -2.48. The van der Waals surface area contributed by atoms with Crippen molar-refractivity contribution in [1.29, 1.82) is 0 Å². The summed E-state index contributed by atoms with van der Waals surface area (Å²) in [4.78, 5) is 0. The van der Waals surface area contributed by atoms with Crippen molar-refractivity contribution in [3.63, 3.8) is 0 Å². The molecule has 1 aliphatic carbocycles. The normalized spacial score (nSPS) is 29.1. The smallest absolute Gasteiger partial charge is 0.143 e. The van der Waals surface area contributed by atoms with Gasteiger partial charge in [-0.2, -0.15) is 0 Å². The summed E-state index contributed by atoms with van der Waals surface area (Å²) >= 11 is 0. The van der Waals surface area contributed by atoms with E-state index in [2.05, 4.69) is 0 Å². The van der Waals surface area contributed by atoms with E-state index in [4.69, 9.17) is 10.5 Å². The molecule has 0 aliphatic heterocycles. The van der Waals surface area contributed by atoms with Crippen LogP contribution in [-0.2, 0) is 0 Å². The van der Waals surface area contributed by atoms with Gasteiger partial charge in [0.05, 0.1) is 6.04 Å². The summed E-state index contributed by atoms with van der Waals surface area (Å²) in [6, 6.07) is 9.63. The summed E-state index contributed by atoms with van der Waals surface area (Å²) in [6.07, 6.45) is 7.85. The molecule has 1 aromatic carbocycles. The molecule has 0 fully saturated rings. The van der Waals surface area contributed by atoms with Gasteiger partial charge in [-0.15, -0.1) is 0 Å². The second kappa shape index (κ2) is 3.91. The highest BCUT2D eigenvalue weighted by Crippen LogP contribution is 2.24. The van der Waals surface area contributed by atoms with Crippen LogP contribution in [0.3, 0.4) is 0 Å². The van der Waals surface area contributed by atoms with Gasteiger partial charge >= 0.3 is 0 Å². The Morgan fingerprint density at radius 3 is 2.60 bits per heavy atom. The topological polar surface area (TPSA) is 35.2 Å². The molecule has 1 aromatic rings. The van der Waals surface area contributed by atoms with Gasteiger partial charge in [-0.25, -0.2) is 0 Å². The van der Waals surface area contributed by atoms with Crippen molar-refractivity contribution in [2.24, 2.45) is 5.73 Å². The Morgan fingerprint density at radius 1 is 1.20 bits per heavy atom. The third-order valence-electron chi connectivity index (χ3n) is 2.60. The number of para-hydroxylation sites is 1. The molecular formula is C13H15NO. The predicted molar refractivity (Wildman–Crippen MR) is 61.7 cm³/mol. The van der Waals surface area contributed by atoms with Crippen LogP contribution in [-0.4, -0.2) is 11.6 Å². The molecule has 0 saturated heterocycles. The Labute approximate surface area is 90.1 Å². The highest BCUT2D eigenvalue weighted by molar-refractivity contribution is 5.29. The first-order valence-electron chi connectivity index (χ1n) is 5.06. The maximum absolute atomic E-state index is 6.00. The lowest BCUT2D eigenvalue weighted by Gasteiger charge is -2.33. The maximum Gasteiger partial charge on any atom is 0.143 e. The third kappa shape index (κ3) is 2.10. The second-order valence-electron chi connectivity index (χ2n) is 3.87. The largest absolute Gasteiger partial charge is 0.482 e. The zero-order valence-electron chi connectivity index (χ0n) is 8.76. The molecule has 2 nitrogen and oxygen atoms in total. The quantitative estimate of drug-likeness (QED) is 0.796. The van der Waals surface area contributed by atoms with Gasteiger partial charge < -0.3 is 10.5 Å². The molecule has 0 bridgehead atoms. The highest BCUT2D eigenvalue weighted by Gasteiger charge is 2.30. The van der Waals surface area contributed by atoms with Crippen molar-refractivity contribution in [3.8, 4) is 5.75 Å². The van der Waals surface area contributed by atoms with Crippen LogP contribution < -0.4 is 10.5 Å². The van der Waals surface area contributed by atoms with Gasteiger partial charge in [0.2, 0.25) is 0 Å². The first-order valence-corrected chi connectivity index (χ1v) is 5.06. The van der Waals surface area contributed by atoms with Crippen molar-refractivity contribution in [3.05, 3.63) is 54.6 Å². The molecule has 15 heavy (non-hydrogen) atoms. The van der Waals surface area contributed by atoms with E-state index in [1.54, 1.807) is 0 Å². The van der Waals surface area contributed by atoms with Gasteiger partial charge in [0.1, 0.15) is 11.4 Å². The Bertz CT molecular complexity index is 383. The Morgan fingerprint density at radius 2 is 1.93 bits per heavy atom. The molecule has 2 N–H and O–H groups in total. The van der Waals surface area contributed by atoms with Crippen LogP contribution in [0.5, 0.6) is 5.75 Å². The molecule has 0 aromatic heterocycles. The van der Waals surface area contributed by atoms with Gasteiger partial charge in [-0.1, -0.05) is 36.4 Å². The second-order valence-corrected chi connectivity index (χ2v) is 3.87. The molecule has 0 saturated carbocycles. The van der Waals surface area contributed by atoms with Crippen molar-refractivity contribution < 1.29 is 4.74 Å². The molecule has 0 radical (unpaired) electrons. The van der Waals surface area contributed by atoms with E-state index in [-0.39, 0.29) is 6.04 Å². The molecule has 78 valence electrons. The fourth-order valence-corrected chi connectivity index (χ4v) is 1.58. The number of benzene rings is 1. The zero-order valence-corrected chi connectivity index (χ0v) is 8.76. The number of hydrogen-bond donors (Lipinski definition) is 1. The molecular weight excluding hydrogens is 186 g/mol. The summed E-state index contributed by atoms with van der Waals surface area (Å²) in [5.74, 6) is 0.843. The molecule has 2 heteroatoms. The minimum Gasteiger partial charge on any atom is -0.482 e. The van der Waals surface area contributed by atoms with Crippen LogP contribution in [0.4, 0.5) is 0 Å². The van der Waals surface area contributed by atoms with Gasteiger partial charge in [0.15, 0.2) is 0 Å². The van der Waals surface area contributed by atoms with E-state index in [0.717, 1.165) is 5.75 Å². The van der Waals surface area contributed by atoms with Crippen LogP contribution in [0.25, 0.3) is 0 Å². The van der Waals surface area contributed by atoms with Crippen LogP contribution >= 0.6 is 0 Å². The summed E-state index contributed by atoms with van der Waals surface area (Å²) < 4.78 is 5.89. The van der Waals surface area contributed by atoms with Crippen LogP contribution in [0.15, 0.2) is 54.6 Å². The first kappa shape index (κ1) is 9.99. The average Bonchev–Trinajstić information content (AvgIpc) is 2.24. The van der Waals surface area contributed by atoms with Crippen molar-refractivity contribution >= 4 is 0 Å². The minimum atomic E-state index is -0.448. The summed E-state index contributed by atoms with van der Waals surface area (Å²) in [6.45, 7) is 1.99. The van der Waals surface area contributed by atoms with Gasteiger partial charge in [0, 0.05) is 0 Å². The fraction of sp³-hybridized carbons (Fsp3) is 0.231. The first-order chi connectivity index (χ1) is 7.21. The molecule has 0 heterocycles. The maximum atomic E-state index is 6.00. The van der Waals surface area contributed by atoms with E-state index < -0.39 is 5.60 Å². The van der Waals surface area contributed by atoms with Crippen molar-refractivity contribution in [1.82, 2.24) is 0 Å². The molecule has 2 rings (SSSR count). The Balaban J connectivity index is 2.18. The minimum absolute atomic E-state index is 0.109. The van der Waals surface area contributed by atoms with E-state index >= 15 is 0 Å². The van der Waals surface area contributed by atoms with Crippen LogP contribution in [0, 0.1) is 0 Å². The van der Waals surface area contributed by atoms with E-state index in [0.29, 0.717) is 0 Å². The fourth-order valence-electron chi connectivity index (χ4n) is 1.58. The number of hydrogen-bond acceptors (Lipinski definition) is 2. The van der Waals surface area contributed by atoms with Crippen molar-refractivity contribution in [2.45, 2.75) is 18.6 Å². The number of allylic oxidation sites excluding steroid dienone is 2. The lowest BCUT2D eigenvalue weighted by atomic mass is 9.92. The van der Waals surface area contributed by atoms with E-state index in [1.807, 2.05) is 61.6 Å². The standard InChI is InChI=1S/C13H15NO/c1-13(10-6-5-9-12(13)14)15-11-7-3-2-4-8-11/h2-10,12H,14H2,1H3. The van der Waals surface area contributed by atoms with Crippen LogP contribution in [0.2, 0.25) is 0 Å². The monoisotopic (exact) mass is 201 g/mol. The zero-order chi connectivity index (χ0) is 10.7. The lowest BCUT2D eigenvalue weighted by molar-refractivity contribution is 0.125. The SMILES string of the molecule is CC1(Oc2ccccc2)C=CC=CC1N.